The number of para-hydroxylation sites is 1. The Morgan fingerprint density at radius 1 is 1.04 bits per heavy atom. The van der Waals surface area contributed by atoms with Gasteiger partial charge in [0.25, 0.3) is 5.91 Å². The van der Waals surface area contributed by atoms with Crippen molar-refractivity contribution in [1.82, 2.24) is 5.32 Å². The summed E-state index contributed by atoms with van der Waals surface area (Å²) in [6, 6.07) is 13.2. The minimum absolute atomic E-state index is 0.171. The molecule has 0 atom stereocenters. The third-order valence-corrected chi connectivity index (χ3v) is 3.77. The third-order valence-electron chi connectivity index (χ3n) is 3.52. The minimum atomic E-state index is -0.171. The highest BCUT2D eigenvalue weighted by Gasteiger charge is 2.12. The predicted molar refractivity (Wildman–Crippen MR) is 100 cm³/mol. The molecule has 120 valence electrons. The summed E-state index contributed by atoms with van der Waals surface area (Å²) < 4.78 is 0. The maximum absolute atomic E-state index is 12.6. The van der Waals surface area contributed by atoms with Gasteiger partial charge in [-0.15, -0.1) is 0 Å². The van der Waals surface area contributed by atoms with Crippen molar-refractivity contribution in [3.63, 3.8) is 0 Å². The molecule has 23 heavy (non-hydrogen) atoms. The highest BCUT2D eigenvalue weighted by Crippen LogP contribution is 2.19. The molecule has 0 aliphatic heterocycles. The molecule has 5 heteroatoms. The van der Waals surface area contributed by atoms with E-state index in [1.54, 1.807) is 6.07 Å². The van der Waals surface area contributed by atoms with E-state index in [2.05, 4.69) is 16.0 Å². The Labute approximate surface area is 142 Å². The molecule has 1 amide bonds. The first-order chi connectivity index (χ1) is 11.0. The lowest BCUT2D eigenvalue weighted by Crippen LogP contribution is -2.29. The monoisotopic (exact) mass is 327 g/mol. The Bertz CT molecular complexity index is 728. The molecular weight excluding hydrogens is 306 g/mol. The summed E-state index contributed by atoms with van der Waals surface area (Å²) >= 11 is 5.19. The lowest BCUT2D eigenvalue weighted by molar-refractivity contribution is 0.102. The van der Waals surface area contributed by atoms with Crippen LogP contribution in [0.25, 0.3) is 0 Å². The Morgan fingerprint density at radius 2 is 1.78 bits per heavy atom. The number of nitrogens with one attached hydrogen (secondary N) is 3. The van der Waals surface area contributed by atoms with E-state index in [0.29, 0.717) is 16.4 Å². The molecular formula is C18H21N3OS. The Morgan fingerprint density at radius 3 is 2.48 bits per heavy atom. The van der Waals surface area contributed by atoms with Gasteiger partial charge in [-0.25, -0.2) is 0 Å². The van der Waals surface area contributed by atoms with Crippen molar-refractivity contribution in [2.45, 2.75) is 20.8 Å². The number of carbonyl (C=O) groups excluding carboxylic acids is 1. The normalized spacial score (nSPS) is 10.0. The molecule has 2 rings (SSSR count). The molecule has 2 aromatic carbocycles. The van der Waals surface area contributed by atoms with E-state index in [-0.39, 0.29) is 5.91 Å². The summed E-state index contributed by atoms with van der Waals surface area (Å²) in [5.74, 6) is -0.171. The van der Waals surface area contributed by atoms with Crippen LogP contribution in [-0.4, -0.2) is 17.6 Å². The minimum Gasteiger partial charge on any atom is -0.363 e. The molecule has 0 bridgehead atoms. The second-order valence-corrected chi connectivity index (χ2v) is 5.69. The summed E-state index contributed by atoms with van der Waals surface area (Å²) in [5, 5.41) is 9.50. The van der Waals surface area contributed by atoms with Gasteiger partial charge in [0.15, 0.2) is 5.11 Å². The number of hydrogen-bond acceptors (Lipinski definition) is 2. The molecule has 0 radical (unpaired) electrons. The second-order valence-electron chi connectivity index (χ2n) is 5.28. The van der Waals surface area contributed by atoms with Crippen LogP contribution in [0.2, 0.25) is 0 Å². The summed E-state index contributed by atoms with van der Waals surface area (Å²) in [5.41, 5.74) is 4.34. The van der Waals surface area contributed by atoms with Crippen LogP contribution in [-0.2, 0) is 0 Å². The number of amides is 1. The predicted octanol–water partition coefficient (Wildman–Crippen LogP) is 3.86. The molecule has 0 aliphatic rings. The lowest BCUT2D eigenvalue weighted by Gasteiger charge is -2.14. The van der Waals surface area contributed by atoms with E-state index >= 15 is 0 Å². The smallest absolute Gasteiger partial charge is 0.257 e. The molecule has 3 N–H and O–H groups in total. The van der Waals surface area contributed by atoms with Gasteiger partial charge in [-0.1, -0.05) is 18.2 Å². The number of thiocarbonyl (C=S) groups is 1. The van der Waals surface area contributed by atoms with Crippen molar-refractivity contribution in [3.8, 4) is 0 Å². The molecule has 0 spiro atoms. The van der Waals surface area contributed by atoms with Gasteiger partial charge in [0.2, 0.25) is 0 Å². The number of benzene rings is 2. The molecule has 0 saturated carbocycles. The largest absolute Gasteiger partial charge is 0.363 e. The van der Waals surface area contributed by atoms with Gasteiger partial charge >= 0.3 is 0 Å². The molecule has 2 aromatic rings. The number of carbonyl (C=O) groups is 1. The molecule has 0 unspecified atom stereocenters. The first kappa shape index (κ1) is 17.0. The zero-order valence-corrected chi connectivity index (χ0v) is 14.4. The van der Waals surface area contributed by atoms with E-state index in [9.17, 15) is 4.79 Å². The first-order valence-electron chi connectivity index (χ1n) is 7.53. The molecule has 0 aromatic heterocycles. The fraction of sp³-hybridized carbons (Fsp3) is 0.222. The van der Waals surface area contributed by atoms with Crippen LogP contribution in [0.1, 0.15) is 28.4 Å². The van der Waals surface area contributed by atoms with Crippen LogP contribution < -0.4 is 16.0 Å². The average Bonchev–Trinajstić information content (AvgIpc) is 2.51. The number of anilines is 2. The standard InChI is InChI=1S/C18H21N3OS/c1-4-19-18(23)21-16-8-6-5-7-15(16)17(22)20-14-10-9-12(2)13(3)11-14/h5-11H,4H2,1-3H3,(H,20,22)(H2,19,21,23). The average molecular weight is 327 g/mol. The zero-order chi connectivity index (χ0) is 16.8. The van der Waals surface area contributed by atoms with Crippen LogP contribution in [0.3, 0.4) is 0 Å². The van der Waals surface area contributed by atoms with Crippen molar-refractivity contribution in [1.29, 1.82) is 0 Å². The molecule has 0 heterocycles. The van der Waals surface area contributed by atoms with Crippen molar-refractivity contribution < 1.29 is 4.79 Å². The van der Waals surface area contributed by atoms with Gasteiger partial charge in [0, 0.05) is 12.2 Å². The lowest BCUT2D eigenvalue weighted by atomic mass is 10.1. The van der Waals surface area contributed by atoms with E-state index in [1.165, 1.54) is 5.56 Å². The van der Waals surface area contributed by atoms with Crippen molar-refractivity contribution in [2.75, 3.05) is 17.2 Å². The van der Waals surface area contributed by atoms with E-state index in [4.69, 9.17) is 12.2 Å². The van der Waals surface area contributed by atoms with Gasteiger partial charge in [0.1, 0.15) is 0 Å². The summed E-state index contributed by atoms with van der Waals surface area (Å²) in [6.45, 7) is 6.76. The van der Waals surface area contributed by atoms with Gasteiger partial charge in [-0.3, -0.25) is 4.79 Å². The molecule has 0 saturated heterocycles. The molecule has 0 fully saturated rings. The third kappa shape index (κ3) is 4.53. The summed E-state index contributed by atoms with van der Waals surface area (Å²) in [4.78, 5) is 12.6. The van der Waals surface area contributed by atoms with Crippen LogP contribution >= 0.6 is 12.2 Å². The van der Waals surface area contributed by atoms with Gasteiger partial charge < -0.3 is 16.0 Å². The fourth-order valence-electron chi connectivity index (χ4n) is 2.13. The quantitative estimate of drug-likeness (QED) is 0.746. The van der Waals surface area contributed by atoms with Crippen molar-refractivity contribution in [3.05, 3.63) is 59.2 Å². The van der Waals surface area contributed by atoms with E-state index in [1.807, 2.05) is 57.2 Å². The van der Waals surface area contributed by atoms with E-state index < -0.39 is 0 Å². The van der Waals surface area contributed by atoms with Gasteiger partial charge in [-0.05, 0) is 68.4 Å². The Hall–Kier alpha value is -2.40. The zero-order valence-electron chi connectivity index (χ0n) is 13.6. The second kappa shape index (κ2) is 7.74. The Kier molecular flexibility index (Phi) is 5.71. The van der Waals surface area contributed by atoms with Crippen molar-refractivity contribution in [2.24, 2.45) is 0 Å². The molecule has 4 nitrogen and oxygen atoms in total. The van der Waals surface area contributed by atoms with E-state index in [0.717, 1.165) is 17.8 Å². The summed E-state index contributed by atoms with van der Waals surface area (Å²) in [7, 11) is 0. The van der Waals surface area contributed by atoms with Crippen LogP contribution in [0.15, 0.2) is 42.5 Å². The van der Waals surface area contributed by atoms with Gasteiger partial charge in [-0.2, -0.15) is 0 Å². The first-order valence-corrected chi connectivity index (χ1v) is 7.94. The highest BCUT2D eigenvalue weighted by molar-refractivity contribution is 7.80. The van der Waals surface area contributed by atoms with Crippen LogP contribution in [0.5, 0.6) is 0 Å². The maximum atomic E-state index is 12.6. The summed E-state index contributed by atoms with van der Waals surface area (Å²) in [6.07, 6.45) is 0. The van der Waals surface area contributed by atoms with Gasteiger partial charge in [0.05, 0.1) is 11.3 Å². The number of rotatable bonds is 4. The number of hydrogen-bond donors (Lipinski definition) is 3. The van der Waals surface area contributed by atoms with Crippen LogP contribution in [0, 0.1) is 13.8 Å². The Balaban J connectivity index is 2.18. The topological polar surface area (TPSA) is 53.2 Å². The number of aryl methyl sites for hydroxylation is 2. The SMILES string of the molecule is CCNC(=S)Nc1ccccc1C(=O)Nc1ccc(C)c(C)c1. The highest BCUT2D eigenvalue weighted by atomic mass is 32.1. The maximum Gasteiger partial charge on any atom is 0.257 e. The fourth-order valence-corrected chi connectivity index (χ4v) is 2.39. The van der Waals surface area contributed by atoms with Crippen molar-refractivity contribution >= 4 is 34.6 Å². The molecule has 0 aliphatic carbocycles. The van der Waals surface area contributed by atoms with Crippen LogP contribution in [0.4, 0.5) is 11.4 Å².